The van der Waals surface area contributed by atoms with Gasteiger partial charge in [0.25, 0.3) is 0 Å². The maximum atomic E-state index is 6.31. The van der Waals surface area contributed by atoms with Gasteiger partial charge in [-0.2, -0.15) is 5.10 Å². The first-order chi connectivity index (χ1) is 9.29. The molecule has 5 heteroatoms. The Morgan fingerprint density at radius 3 is 2.89 bits per heavy atom. The number of nitrogens with one attached hydrogen (secondary N) is 1. The first-order valence-corrected chi connectivity index (χ1v) is 6.39. The SMILES string of the molecule is CNCc1cnc(-n2ncc3ccccc32)c(Cl)c1. The van der Waals surface area contributed by atoms with Crippen LogP contribution in [0.3, 0.4) is 0 Å². The van der Waals surface area contributed by atoms with Crippen molar-refractivity contribution in [3.05, 3.63) is 53.3 Å². The van der Waals surface area contributed by atoms with Gasteiger partial charge in [-0.1, -0.05) is 29.8 Å². The first-order valence-electron chi connectivity index (χ1n) is 6.02. The molecule has 0 radical (unpaired) electrons. The summed E-state index contributed by atoms with van der Waals surface area (Å²) in [5, 5.41) is 9.10. The minimum Gasteiger partial charge on any atom is -0.316 e. The van der Waals surface area contributed by atoms with Crippen LogP contribution in [0.2, 0.25) is 5.02 Å². The van der Waals surface area contributed by atoms with Crippen LogP contribution in [0.1, 0.15) is 5.56 Å². The van der Waals surface area contributed by atoms with Crippen LogP contribution in [0.4, 0.5) is 0 Å². The number of nitrogens with zero attached hydrogens (tertiary/aromatic N) is 3. The van der Waals surface area contributed by atoms with E-state index in [9.17, 15) is 0 Å². The van der Waals surface area contributed by atoms with E-state index in [0.717, 1.165) is 23.0 Å². The predicted octanol–water partition coefficient (Wildman–Crippen LogP) is 2.79. The lowest BCUT2D eigenvalue weighted by molar-refractivity contribution is 0.806. The molecule has 3 rings (SSSR count). The molecular weight excluding hydrogens is 260 g/mol. The Morgan fingerprint density at radius 1 is 1.26 bits per heavy atom. The maximum absolute atomic E-state index is 6.31. The fourth-order valence-corrected chi connectivity index (χ4v) is 2.34. The van der Waals surface area contributed by atoms with Gasteiger partial charge in [0.15, 0.2) is 5.82 Å². The minimum absolute atomic E-state index is 0.599. The van der Waals surface area contributed by atoms with Gasteiger partial charge in [-0.3, -0.25) is 0 Å². The Kier molecular flexibility index (Phi) is 3.19. The van der Waals surface area contributed by atoms with Gasteiger partial charge in [0, 0.05) is 18.1 Å². The van der Waals surface area contributed by atoms with Gasteiger partial charge >= 0.3 is 0 Å². The molecule has 0 atom stereocenters. The number of hydrogen-bond donors (Lipinski definition) is 1. The summed E-state index contributed by atoms with van der Waals surface area (Å²) in [5.41, 5.74) is 2.05. The summed E-state index contributed by atoms with van der Waals surface area (Å²) in [6.07, 6.45) is 3.63. The Hall–Kier alpha value is -1.91. The molecule has 96 valence electrons. The normalized spacial score (nSPS) is 11.1. The van der Waals surface area contributed by atoms with Gasteiger partial charge in [-0.25, -0.2) is 9.67 Å². The van der Waals surface area contributed by atoms with Crippen molar-refractivity contribution in [2.45, 2.75) is 6.54 Å². The number of halogens is 1. The summed E-state index contributed by atoms with van der Waals surface area (Å²) >= 11 is 6.31. The topological polar surface area (TPSA) is 42.7 Å². The molecule has 0 aliphatic carbocycles. The van der Waals surface area contributed by atoms with Crippen LogP contribution in [-0.2, 0) is 6.54 Å². The van der Waals surface area contributed by atoms with Crippen LogP contribution in [0.25, 0.3) is 16.7 Å². The van der Waals surface area contributed by atoms with E-state index in [1.165, 1.54) is 0 Å². The average Bonchev–Trinajstić information content (AvgIpc) is 2.83. The Balaban J connectivity index is 2.11. The molecule has 0 amide bonds. The summed E-state index contributed by atoms with van der Waals surface area (Å²) in [6, 6.07) is 9.89. The lowest BCUT2D eigenvalue weighted by Gasteiger charge is -2.07. The number of pyridine rings is 1. The van der Waals surface area contributed by atoms with Gasteiger partial charge in [0.05, 0.1) is 16.7 Å². The number of benzene rings is 1. The summed E-state index contributed by atoms with van der Waals surface area (Å²) in [6.45, 7) is 0.743. The van der Waals surface area contributed by atoms with Crippen molar-refractivity contribution >= 4 is 22.5 Å². The van der Waals surface area contributed by atoms with Crippen molar-refractivity contribution in [1.82, 2.24) is 20.1 Å². The van der Waals surface area contributed by atoms with E-state index >= 15 is 0 Å². The molecule has 4 nitrogen and oxygen atoms in total. The quantitative estimate of drug-likeness (QED) is 0.797. The third-order valence-corrected chi connectivity index (χ3v) is 3.22. The van der Waals surface area contributed by atoms with Crippen LogP contribution >= 0.6 is 11.6 Å². The van der Waals surface area contributed by atoms with Gasteiger partial charge in [0.2, 0.25) is 0 Å². The third-order valence-electron chi connectivity index (χ3n) is 2.94. The lowest BCUT2D eigenvalue weighted by Crippen LogP contribution is -2.07. The number of fused-ring (bicyclic) bond motifs is 1. The highest BCUT2D eigenvalue weighted by molar-refractivity contribution is 6.32. The van der Waals surface area contributed by atoms with Crippen molar-refractivity contribution in [3.63, 3.8) is 0 Å². The summed E-state index contributed by atoms with van der Waals surface area (Å²) < 4.78 is 1.76. The Bertz CT molecular complexity index is 720. The molecule has 0 spiro atoms. The number of hydrogen-bond acceptors (Lipinski definition) is 3. The molecule has 2 heterocycles. The zero-order valence-electron chi connectivity index (χ0n) is 10.5. The van der Waals surface area contributed by atoms with E-state index in [2.05, 4.69) is 15.4 Å². The molecule has 1 N–H and O–H groups in total. The monoisotopic (exact) mass is 272 g/mol. The molecule has 1 aromatic carbocycles. The lowest BCUT2D eigenvalue weighted by atomic mass is 10.2. The molecule has 0 bridgehead atoms. The third kappa shape index (κ3) is 2.20. The molecule has 0 aliphatic heterocycles. The van der Waals surface area contributed by atoms with Crippen LogP contribution < -0.4 is 5.32 Å². The van der Waals surface area contributed by atoms with E-state index in [0.29, 0.717) is 10.8 Å². The van der Waals surface area contributed by atoms with Crippen molar-refractivity contribution in [1.29, 1.82) is 0 Å². The number of para-hydroxylation sites is 1. The standard InChI is InChI=1S/C14H13ClN4/c1-16-7-10-6-12(15)14(17-8-10)19-13-5-3-2-4-11(13)9-18-19/h2-6,8-9,16H,7H2,1H3. The van der Waals surface area contributed by atoms with Crippen molar-refractivity contribution < 1.29 is 0 Å². The molecule has 0 unspecified atom stereocenters. The predicted molar refractivity (Wildman–Crippen MR) is 76.6 cm³/mol. The molecule has 0 saturated carbocycles. The molecule has 0 saturated heterocycles. The van der Waals surface area contributed by atoms with Crippen LogP contribution in [0.15, 0.2) is 42.7 Å². The molecule has 0 fully saturated rings. The van der Waals surface area contributed by atoms with Gasteiger partial charge in [-0.05, 0) is 24.7 Å². The smallest absolute Gasteiger partial charge is 0.172 e. The Labute approximate surface area is 116 Å². The highest BCUT2D eigenvalue weighted by atomic mass is 35.5. The fourth-order valence-electron chi connectivity index (χ4n) is 2.07. The van der Waals surface area contributed by atoms with Crippen LogP contribution in [0.5, 0.6) is 0 Å². The second-order valence-corrected chi connectivity index (χ2v) is 4.70. The first kappa shape index (κ1) is 12.1. The molecule has 0 aliphatic rings. The van der Waals surface area contributed by atoms with Crippen molar-refractivity contribution in [3.8, 4) is 5.82 Å². The molecule has 19 heavy (non-hydrogen) atoms. The van der Waals surface area contributed by atoms with E-state index in [1.807, 2.05) is 49.8 Å². The molecular formula is C14H13ClN4. The van der Waals surface area contributed by atoms with Crippen molar-refractivity contribution in [2.24, 2.45) is 0 Å². The van der Waals surface area contributed by atoms with Crippen LogP contribution in [0, 0.1) is 0 Å². The van der Waals surface area contributed by atoms with E-state index < -0.39 is 0 Å². The Morgan fingerprint density at radius 2 is 2.11 bits per heavy atom. The van der Waals surface area contributed by atoms with E-state index in [4.69, 9.17) is 11.6 Å². The number of rotatable bonds is 3. The van der Waals surface area contributed by atoms with Gasteiger partial charge < -0.3 is 5.32 Å². The molecule has 3 aromatic rings. The minimum atomic E-state index is 0.599. The maximum Gasteiger partial charge on any atom is 0.172 e. The number of aromatic nitrogens is 3. The molecule has 2 aromatic heterocycles. The second kappa shape index (κ2) is 4.99. The van der Waals surface area contributed by atoms with Crippen molar-refractivity contribution in [2.75, 3.05) is 7.05 Å². The average molecular weight is 273 g/mol. The summed E-state index contributed by atoms with van der Waals surface area (Å²) in [7, 11) is 1.89. The van der Waals surface area contributed by atoms with Crippen LogP contribution in [-0.4, -0.2) is 21.8 Å². The summed E-state index contributed by atoms with van der Waals surface area (Å²) in [5.74, 6) is 0.655. The highest BCUT2D eigenvalue weighted by Crippen LogP contribution is 2.23. The van der Waals surface area contributed by atoms with E-state index in [1.54, 1.807) is 4.68 Å². The zero-order chi connectivity index (χ0) is 13.2. The summed E-state index contributed by atoms with van der Waals surface area (Å²) in [4.78, 5) is 4.42. The van der Waals surface area contributed by atoms with E-state index in [-0.39, 0.29) is 0 Å². The second-order valence-electron chi connectivity index (χ2n) is 4.29. The van der Waals surface area contributed by atoms with Gasteiger partial charge in [-0.15, -0.1) is 0 Å². The highest BCUT2D eigenvalue weighted by Gasteiger charge is 2.10. The van der Waals surface area contributed by atoms with Gasteiger partial charge in [0.1, 0.15) is 0 Å². The fraction of sp³-hybridized carbons (Fsp3) is 0.143. The zero-order valence-corrected chi connectivity index (χ0v) is 11.2. The largest absolute Gasteiger partial charge is 0.316 e.